The summed E-state index contributed by atoms with van der Waals surface area (Å²) in [7, 11) is 4.05. The van der Waals surface area contributed by atoms with Gasteiger partial charge >= 0.3 is 0 Å². The van der Waals surface area contributed by atoms with Crippen molar-refractivity contribution in [3.05, 3.63) is 34.0 Å². The number of ether oxygens (including phenoxy) is 1. The second kappa shape index (κ2) is 11.0. The zero-order valence-corrected chi connectivity index (χ0v) is 19.4. The number of hydrogen-bond donors (Lipinski definition) is 1. The van der Waals surface area contributed by atoms with E-state index in [1.54, 1.807) is 11.3 Å². The Morgan fingerprint density at radius 2 is 2.33 bits per heavy atom. The molecule has 0 aliphatic carbocycles. The van der Waals surface area contributed by atoms with E-state index in [1.165, 1.54) is 4.88 Å². The first-order valence-electron chi connectivity index (χ1n) is 9.12. The maximum Gasteiger partial charge on any atom is 0.194 e. The minimum Gasteiger partial charge on any atom is -0.376 e. The van der Waals surface area contributed by atoms with Crippen molar-refractivity contribution in [2.75, 3.05) is 26.7 Å². The molecule has 1 aliphatic heterocycles. The minimum absolute atomic E-state index is 0. The number of nitrogens with one attached hydrogen (secondary N) is 1. The van der Waals surface area contributed by atoms with E-state index in [-0.39, 0.29) is 30.1 Å². The molecule has 3 heterocycles. The topological polar surface area (TPSA) is 67.6 Å². The Morgan fingerprint density at radius 1 is 1.48 bits per heavy atom. The fourth-order valence-electron chi connectivity index (χ4n) is 2.89. The number of nitrogens with zero attached hydrogens (tertiary/aromatic N) is 5. The lowest BCUT2D eigenvalue weighted by Gasteiger charge is -2.23. The zero-order chi connectivity index (χ0) is 18.4. The molecule has 1 aliphatic rings. The zero-order valence-electron chi connectivity index (χ0n) is 16.2. The number of aryl methyl sites for hydroxylation is 1. The van der Waals surface area contributed by atoms with Crippen LogP contribution in [0.5, 0.6) is 0 Å². The van der Waals surface area contributed by atoms with Gasteiger partial charge in [-0.1, -0.05) is 6.07 Å². The summed E-state index contributed by atoms with van der Waals surface area (Å²) in [5, 5.41) is 13.9. The van der Waals surface area contributed by atoms with Crippen molar-refractivity contribution in [1.82, 2.24) is 25.0 Å². The highest BCUT2D eigenvalue weighted by Crippen LogP contribution is 2.12. The number of aromatic nitrogens is 3. The van der Waals surface area contributed by atoms with Crippen molar-refractivity contribution >= 4 is 41.3 Å². The Bertz CT molecular complexity index is 712. The Labute approximate surface area is 182 Å². The molecule has 3 rings (SSSR count). The summed E-state index contributed by atoms with van der Waals surface area (Å²) < 4.78 is 7.71. The highest BCUT2D eigenvalue weighted by Gasteiger charge is 2.17. The molecule has 1 saturated heterocycles. The second-order valence-electron chi connectivity index (χ2n) is 6.63. The van der Waals surface area contributed by atoms with Crippen molar-refractivity contribution in [2.24, 2.45) is 12.0 Å². The third-order valence-corrected chi connectivity index (χ3v) is 5.64. The minimum atomic E-state index is 0. The molecule has 0 radical (unpaired) electrons. The van der Waals surface area contributed by atoms with E-state index in [4.69, 9.17) is 9.73 Å². The predicted molar refractivity (Wildman–Crippen MR) is 120 cm³/mol. The maximum absolute atomic E-state index is 5.73. The fraction of sp³-hybridized carbons (Fsp3) is 0.611. The molecule has 1 fully saturated rings. The molecule has 2 aromatic rings. The van der Waals surface area contributed by atoms with E-state index < -0.39 is 0 Å². The molecule has 1 atom stereocenters. The molecule has 1 unspecified atom stereocenters. The SMILES string of the molecule is Cc1nnc(CN=C(NCC2CCCO2)N(C)CCc2cccs2)n1C.I. The Balaban J connectivity index is 0.00000261. The van der Waals surface area contributed by atoms with E-state index in [0.717, 1.165) is 56.6 Å². The molecule has 0 saturated carbocycles. The predicted octanol–water partition coefficient (Wildman–Crippen LogP) is 2.60. The van der Waals surface area contributed by atoms with Gasteiger partial charge in [0.1, 0.15) is 12.4 Å². The monoisotopic (exact) mass is 504 g/mol. The molecule has 2 aromatic heterocycles. The van der Waals surface area contributed by atoms with E-state index in [2.05, 4.69) is 45.0 Å². The van der Waals surface area contributed by atoms with Crippen LogP contribution in [-0.4, -0.2) is 58.5 Å². The summed E-state index contributed by atoms with van der Waals surface area (Å²) in [6.45, 7) is 5.03. The lowest BCUT2D eigenvalue weighted by atomic mass is 10.2. The van der Waals surface area contributed by atoms with Gasteiger partial charge < -0.3 is 19.5 Å². The van der Waals surface area contributed by atoms with Crippen LogP contribution in [0.3, 0.4) is 0 Å². The van der Waals surface area contributed by atoms with Gasteiger partial charge in [-0.05, 0) is 37.6 Å². The first-order chi connectivity index (χ1) is 12.6. The molecular weight excluding hydrogens is 475 g/mol. The fourth-order valence-corrected chi connectivity index (χ4v) is 3.59. The van der Waals surface area contributed by atoms with Gasteiger partial charge in [-0.3, -0.25) is 0 Å². The summed E-state index contributed by atoms with van der Waals surface area (Å²) in [5.74, 6) is 2.65. The Morgan fingerprint density at radius 3 is 2.96 bits per heavy atom. The van der Waals surface area contributed by atoms with Crippen LogP contribution >= 0.6 is 35.3 Å². The molecule has 9 heteroatoms. The molecule has 0 spiro atoms. The van der Waals surface area contributed by atoms with Crippen LogP contribution in [0.15, 0.2) is 22.5 Å². The number of thiophene rings is 1. The van der Waals surface area contributed by atoms with Gasteiger partial charge in [0.2, 0.25) is 0 Å². The van der Waals surface area contributed by atoms with Crippen LogP contribution in [0.1, 0.15) is 29.4 Å². The largest absolute Gasteiger partial charge is 0.376 e. The summed E-state index contributed by atoms with van der Waals surface area (Å²) in [5.41, 5.74) is 0. The molecule has 7 nitrogen and oxygen atoms in total. The highest BCUT2D eigenvalue weighted by atomic mass is 127. The molecule has 0 amide bonds. The van der Waals surface area contributed by atoms with Gasteiger partial charge in [0.05, 0.1) is 6.10 Å². The lowest BCUT2D eigenvalue weighted by molar-refractivity contribution is 0.113. The number of likely N-dealkylation sites (N-methyl/N-ethyl adjacent to an activating group) is 1. The average molecular weight is 504 g/mol. The lowest BCUT2D eigenvalue weighted by Crippen LogP contribution is -2.43. The number of aliphatic imine (C=N–C) groups is 1. The van der Waals surface area contributed by atoms with E-state index >= 15 is 0 Å². The van der Waals surface area contributed by atoms with Crippen molar-refractivity contribution in [1.29, 1.82) is 0 Å². The quantitative estimate of drug-likeness (QED) is 0.357. The number of rotatable bonds is 7. The first kappa shape index (κ1) is 22.1. The number of guanidine groups is 1. The maximum atomic E-state index is 5.73. The third-order valence-electron chi connectivity index (χ3n) is 4.70. The molecule has 27 heavy (non-hydrogen) atoms. The summed E-state index contributed by atoms with van der Waals surface area (Å²) in [6.07, 6.45) is 3.55. The second-order valence-corrected chi connectivity index (χ2v) is 7.66. The van der Waals surface area contributed by atoms with Crippen molar-refractivity contribution < 1.29 is 4.74 Å². The van der Waals surface area contributed by atoms with Crippen LogP contribution in [0.4, 0.5) is 0 Å². The van der Waals surface area contributed by atoms with Crippen LogP contribution in [0.2, 0.25) is 0 Å². The van der Waals surface area contributed by atoms with Crippen molar-refractivity contribution in [3.8, 4) is 0 Å². The smallest absolute Gasteiger partial charge is 0.194 e. The van der Waals surface area contributed by atoms with Crippen molar-refractivity contribution in [3.63, 3.8) is 0 Å². The van der Waals surface area contributed by atoms with Crippen LogP contribution in [0, 0.1) is 6.92 Å². The third kappa shape index (κ3) is 6.42. The molecule has 150 valence electrons. The molecule has 0 bridgehead atoms. The van der Waals surface area contributed by atoms with E-state index in [0.29, 0.717) is 6.54 Å². The molecule has 0 aromatic carbocycles. The van der Waals surface area contributed by atoms with Gasteiger partial charge in [-0.2, -0.15) is 0 Å². The normalized spacial score (nSPS) is 17.0. The van der Waals surface area contributed by atoms with Crippen LogP contribution in [-0.2, 0) is 24.8 Å². The first-order valence-corrected chi connectivity index (χ1v) is 9.99. The Kier molecular flexibility index (Phi) is 8.97. The average Bonchev–Trinajstić information content (AvgIpc) is 3.39. The molecular formula is C18H29IN6OS. The van der Waals surface area contributed by atoms with E-state index in [9.17, 15) is 0 Å². The highest BCUT2D eigenvalue weighted by molar-refractivity contribution is 14.0. The summed E-state index contributed by atoms with van der Waals surface area (Å²) in [6, 6.07) is 4.28. The van der Waals surface area contributed by atoms with Crippen LogP contribution in [0.25, 0.3) is 0 Å². The standard InChI is InChI=1S/C18H28N6OS.HI/c1-14-21-22-17(24(14)3)13-20-18(19-12-15-6-4-10-25-15)23(2)9-8-16-7-5-11-26-16;/h5,7,11,15H,4,6,8-10,12-13H2,1-3H3,(H,19,20);1H. The van der Waals surface area contributed by atoms with Crippen LogP contribution < -0.4 is 5.32 Å². The summed E-state index contributed by atoms with van der Waals surface area (Å²) >= 11 is 1.80. The van der Waals surface area contributed by atoms with Gasteiger partial charge in [0.15, 0.2) is 11.8 Å². The Hall–Kier alpha value is -1.20. The number of hydrogen-bond acceptors (Lipinski definition) is 5. The van der Waals surface area contributed by atoms with Gasteiger partial charge in [-0.15, -0.1) is 45.5 Å². The van der Waals surface area contributed by atoms with E-state index in [1.807, 2.05) is 18.5 Å². The van der Waals surface area contributed by atoms with Crippen molar-refractivity contribution in [2.45, 2.75) is 38.8 Å². The van der Waals surface area contributed by atoms with Gasteiger partial charge in [0.25, 0.3) is 0 Å². The van der Waals surface area contributed by atoms with Gasteiger partial charge in [0, 0.05) is 38.7 Å². The summed E-state index contributed by atoms with van der Waals surface area (Å²) in [4.78, 5) is 8.35. The molecule has 1 N–H and O–H groups in total. The number of halogens is 1. The van der Waals surface area contributed by atoms with Gasteiger partial charge in [-0.25, -0.2) is 4.99 Å².